The van der Waals surface area contributed by atoms with Crippen LogP contribution in [0.25, 0.3) is 0 Å². The number of hydrogen-bond acceptors (Lipinski definition) is 2. The molecule has 5 nitrogen and oxygen atoms in total. The Bertz CT molecular complexity index is 704. The molecule has 128 valence electrons. The maximum absolute atomic E-state index is 13.2. The number of aromatic nitrogens is 2. The van der Waals surface area contributed by atoms with E-state index in [9.17, 15) is 9.18 Å². The van der Waals surface area contributed by atoms with Gasteiger partial charge in [-0.3, -0.25) is 10.00 Å². The molecule has 0 bridgehead atoms. The van der Waals surface area contributed by atoms with Crippen LogP contribution in [0.15, 0.2) is 30.3 Å². The number of hydrogen-bond donors (Lipinski definition) is 2. The summed E-state index contributed by atoms with van der Waals surface area (Å²) in [5.41, 5.74) is 1.79. The van der Waals surface area contributed by atoms with Crippen LogP contribution in [0, 0.1) is 18.7 Å². The lowest BCUT2D eigenvalue weighted by Gasteiger charge is -2.25. The molecular weight excluding hydrogens is 307 g/mol. The van der Waals surface area contributed by atoms with E-state index >= 15 is 0 Å². The van der Waals surface area contributed by atoms with E-state index in [1.54, 1.807) is 23.9 Å². The normalized spacial score (nSPS) is 16.1. The lowest BCUT2D eigenvalue weighted by Crippen LogP contribution is -2.36. The van der Waals surface area contributed by atoms with Crippen LogP contribution in [-0.4, -0.2) is 15.8 Å². The lowest BCUT2D eigenvalue weighted by molar-refractivity contribution is 0.242. The molecule has 1 atom stereocenters. The minimum Gasteiger partial charge on any atom is -0.331 e. The number of amides is 2. The zero-order valence-electron chi connectivity index (χ0n) is 14.1. The SMILES string of the molecule is Cc1cc(NC(=O)NC(c2ccc(F)cc2)C2CCCC2)n(C)n1. The molecule has 1 aliphatic carbocycles. The molecule has 2 N–H and O–H groups in total. The fourth-order valence-electron chi connectivity index (χ4n) is 3.46. The van der Waals surface area contributed by atoms with Crippen LogP contribution in [0.4, 0.5) is 15.0 Å². The molecule has 1 saturated carbocycles. The minimum atomic E-state index is -0.265. The summed E-state index contributed by atoms with van der Waals surface area (Å²) in [6.45, 7) is 1.88. The first-order chi connectivity index (χ1) is 11.5. The summed E-state index contributed by atoms with van der Waals surface area (Å²) in [6, 6.07) is 7.85. The van der Waals surface area contributed by atoms with Crippen LogP contribution in [0.2, 0.25) is 0 Å². The molecule has 24 heavy (non-hydrogen) atoms. The number of nitrogens with one attached hydrogen (secondary N) is 2. The van der Waals surface area contributed by atoms with Crippen molar-refractivity contribution in [2.24, 2.45) is 13.0 Å². The van der Waals surface area contributed by atoms with Gasteiger partial charge >= 0.3 is 6.03 Å². The standard InChI is InChI=1S/C18H23FN4O/c1-12-11-16(23(2)22-12)20-18(24)21-17(13-5-3-4-6-13)14-7-9-15(19)10-8-14/h7-11,13,17H,3-6H2,1-2H3,(H2,20,21,24). The van der Waals surface area contributed by atoms with Crippen molar-refractivity contribution in [2.75, 3.05) is 5.32 Å². The molecule has 1 aromatic carbocycles. The van der Waals surface area contributed by atoms with E-state index in [1.807, 2.05) is 13.0 Å². The molecule has 6 heteroatoms. The van der Waals surface area contributed by atoms with Gasteiger partial charge in [0.25, 0.3) is 0 Å². The quantitative estimate of drug-likeness (QED) is 0.892. The second-order valence-corrected chi connectivity index (χ2v) is 6.47. The molecular formula is C18H23FN4O. The van der Waals surface area contributed by atoms with Crippen molar-refractivity contribution in [3.63, 3.8) is 0 Å². The Labute approximate surface area is 141 Å². The van der Waals surface area contributed by atoms with Gasteiger partial charge in [0, 0.05) is 13.1 Å². The van der Waals surface area contributed by atoms with Crippen LogP contribution in [0.5, 0.6) is 0 Å². The molecule has 2 amide bonds. The van der Waals surface area contributed by atoms with Gasteiger partial charge in [-0.2, -0.15) is 5.10 Å². The van der Waals surface area contributed by atoms with Gasteiger partial charge in [0.05, 0.1) is 11.7 Å². The third-order valence-electron chi connectivity index (χ3n) is 4.63. The Hall–Kier alpha value is -2.37. The third kappa shape index (κ3) is 3.75. The highest BCUT2D eigenvalue weighted by Gasteiger charge is 2.28. The molecule has 1 fully saturated rings. The first kappa shape index (κ1) is 16.5. The molecule has 2 aromatic rings. The van der Waals surface area contributed by atoms with E-state index in [-0.39, 0.29) is 17.9 Å². The first-order valence-electron chi connectivity index (χ1n) is 8.36. The Morgan fingerprint density at radius 1 is 1.29 bits per heavy atom. The Balaban J connectivity index is 1.74. The van der Waals surface area contributed by atoms with Gasteiger partial charge < -0.3 is 5.32 Å². The highest BCUT2D eigenvalue weighted by molar-refractivity contribution is 5.88. The molecule has 0 aliphatic heterocycles. The van der Waals surface area contributed by atoms with Crippen molar-refractivity contribution in [1.29, 1.82) is 0 Å². The van der Waals surface area contributed by atoms with Crippen LogP contribution in [0.3, 0.4) is 0 Å². The van der Waals surface area contributed by atoms with Crippen LogP contribution < -0.4 is 10.6 Å². The van der Waals surface area contributed by atoms with Gasteiger partial charge in [-0.25, -0.2) is 9.18 Å². The fourth-order valence-corrected chi connectivity index (χ4v) is 3.46. The molecule has 1 unspecified atom stereocenters. The molecule has 0 saturated heterocycles. The average molecular weight is 330 g/mol. The summed E-state index contributed by atoms with van der Waals surface area (Å²) >= 11 is 0. The van der Waals surface area contributed by atoms with Gasteiger partial charge in [-0.1, -0.05) is 25.0 Å². The average Bonchev–Trinajstić information content (AvgIpc) is 3.16. The van der Waals surface area contributed by atoms with Gasteiger partial charge in [0.1, 0.15) is 11.6 Å². The van der Waals surface area contributed by atoms with Crippen LogP contribution >= 0.6 is 0 Å². The number of nitrogens with zero attached hydrogens (tertiary/aromatic N) is 2. The van der Waals surface area contributed by atoms with E-state index in [0.717, 1.165) is 24.1 Å². The number of aryl methyl sites for hydroxylation is 2. The van der Waals surface area contributed by atoms with Crippen molar-refractivity contribution in [3.05, 3.63) is 47.4 Å². The second kappa shape index (κ2) is 7.03. The summed E-state index contributed by atoms with van der Waals surface area (Å²) in [4.78, 5) is 12.4. The third-order valence-corrected chi connectivity index (χ3v) is 4.63. The largest absolute Gasteiger partial charge is 0.331 e. The number of benzene rings is 1. The summed E-state index contributed by atoms with van der Waals surface area (Å²) in [5, 5.41) is 10.1. The Kier molecular flexibility index (Phi) is 4.83. The van der Waals surface area contributed by atoms with Gasteiger partial charge in [0.2, 0.25) is 0 Å². The van der Waals surface area contributed by atoms with Gasteiger partial charge in [-0.05, 0) is 43.4 Å². The van der Waals surface area contributed by atoms with E-state index in [0.29, 0.717) is 11.7 Å². The molecule has 1 aliphatic rings. The van der Waals surface area contributed by atoms with Crippen LogP contribution in [0.1, 0.15) is 43.0 Å². The van der Waals surface area contributed by atoms with Crippen molar-refractivity contribution >= 4 is 11.8 Å². The summed E-state index contributed by atoms with van der Waals surface area (Å²) in [6.07, 6.45) is 4.50. The van der Waals surface area contributed by atoms with E-state index < -0.39 is 0 Å². The number of carbonyl (C=O) groups excluding carboxylic acids is 1. The maximum atomic E-state index is 13.2. The molecule has 1 heterocycles. The van der Waals surface area contributed by atoms with Gasteiger partial charge in [0.15, 0.2) is 0 Å². The summed E-state index contributed by atoms with van der Waals surface area (Å²) in [7, 11) is 1.79. The van der Waals surface area contributed by atoms with Crippen molar-refractivity contribution in [3.8, 4) is 0 Å². The lowest BCUT2D eigenvalue weighted by atomic mass is 9.92. The number of urea groups is 1. The first-order valence-corrected chi connectivity index (χ1v) is 8.36. The predicted octanol–water partition coefficient (Wildman–Crippen LogP) is 3.92. The number of halogens is 1. The Morgan fingerprint density at radius 2 is 1.96 bits per heavy atom. The van der Waals surface area contributed by atoms with Crippen molar-refractivity contribution in [2.45, 2.75) is 38.6 Å². The topological polar surface area (TPSA) is 59.0 Å². The Morgan fingerprint density at radius 3 is 2.54 bits per heavy atom. The molecule has 3 rings (SSSR count). The highest BCUT2D eigenvalue weighted by Crippen LogP contribution is 2.35. The van der Waals surface area contributed by atoms with Gasteiger partial charge in [-0.15, -0.1) is 0 Å². The highest BCUT2D eigenvalue weighted by atomic mass is 19.1. The zero-order valence-corrected chi connectivity index (χ0v) is 14.1. The fraction of sp³-hybridized carbons (Fsp3) is 0.444. The smallest absolute Gasteiger partial charge is 0.320 e. The van der Waals surface area contributed by atoms with E-state index in [2.05, 4.69) is 15.7 Å². The monoisotopic (exact) mass is 330 g/mol. The summed E-state index contributed by atoms with van der Waals surface area (Å²) < 4.78 is 14.9. The maximum Gasteiger partial charge on any atom is 0.320 e. The number of carbonyl (C=O) groups is 1. The predicted molar refractivity (Wildman–Crippen MR) is 91.2 cm³/mol. The van der Waals surface area contributed by atoms with Crippen molar-refractivity contribution in [1.82, 2.24) is 15.1 Å². The second-order valence-electron chi connectivity index (χ2n) is 6.47. The van der Waals surface area contributed by atoms with Crippen LogP contribution in [-0.2, 0) is 7.05 Å². The molecule has 0 spiro atoms. The van der Waals surface area contributed by atoms with E-state index in [1.165, 1.54) is 25.0 Å². The number of anilines is 1. The zero-order chi connectivity index (χ0) is 17.1. The van der Waals surface area contributed by atoms with E-state index in [4.69, 9.17) is 0 Å². The molecule has 0 radical (unpaired) electrons. The molecule has 1 aromatic heterocycles. The minimum absolute atomic E-state index is 0.109. The summed E-state index contributed by atoms with van der Waals surface area (Å²) in [5.74, 6) is 0.766. The van der Waals surface area contributed by atoms with Crippen molar-refractivity contribution < 1.29 is 9.18 Å². The number of rotatable bonds is 4.